The van der Waals surface area contributed by atoms with Gasteiger partial charge in [0.1, 0.15) is 6.04 Å². The van der Waals surface area contributed by atoms with Gasteiger partial charge >= 0.3 is 5.97 Å². The van der Waals surface area contributed by atoms with E-state index in [0.717, 1.165) is 0 Å². The third kappa shape index (κ3) is 3.79. The lowest BCUT2D eigenvalue weighted by Gasteiger charge is -2.19. The maximum Gasteiger partial charge on any atom is 0.324 e. The average molecular weight is 296 g/mol. The maximum atomic E-state index is 12.2. The summed E-state index contributed by atoms with van der Waals surface area (Å²) in [4.78, 5) is 14.8. The lowest BCUT2D eigenvalue weighted by atomic mass is 10.1. The molecule has 0 aromatic heterocycles. The summed E-state index contributed by atoms with van der Waals surface area (Å²) in [5, 5.41) is 0. The summed E-state index contributed by atoms with van der Waals surface area (Å²) in [7, 11) is -2.63. The second-order valence-electron chi connectivity index (χ2n) is 4.47. The summed E-state index contributed by atoms with van der Waals surface area (Å²) in [5.41, 5.74) is 0.345. The van der Waals surface area contributed by atoms with Gasteiger partial charge < -0.3 is 4.74 Å². The maximum absolute atomic E-state index is 12.2. The fourth-order valence-corrected chi connectivity index (χ4v) is 2.85. The summed E-state index contributed by atoms with van der Waals surface area (Å²) in [6, 6.07) is 4.51. The molecule has 0 heterocycles. The molecular weight excluding hydrogens is 280 g/mol. The Kier molecular flexibility index (Phi) is 5.25. The Hall–Kier alpha value is -1.91. The van der Waals surface area contributed by atoms with Gasteiger partial charge in [-0.15, -0.1) is 0 Å². The quantitative estimate of drug-likeness (QED) is 0.663. The normalized spacial score (nSPS) is 12.8. The predicted octanol–water partition coefficient (Wildman–Crippen LogP) is 1.71. The first kappa shape index (κ1) is 16.1. The molecule has 6 nitrogen and oxygen atoms in total. The van der Waals surface area contributed by atoms with Crippen molar-refractivity contribution in [2.45, 2.75) is 24.8 Å². The van der Waals surface area contributed by atoms with Crippen LogP contribution >= 0.6 is 0 Å². The molecule has 20 heavy (non-hydrogen) atoms. The molecule has 0 aliphatic rings. The van der Waals surface area contributed by atoms with Crippen LogP contribution < -0.4 is 4.72 Å². The van der Waals surface area contributed by atoms with Crippen LogP contribution in [0.5, 0.6) is 0 Å². The molecule has 0 radical (unpaired) electrons. The Morgan fingerprint density at radius 3 is 2.25 bits per heavy atom. The third-order valence-electron chi connectivity index (χ3n) is 2.68. The van der Waals surface area contributed by atoms with Crippen LogP contribution in [0, 0.1) is 12.5 Å². The molecule has 0 aliphatic carbocycles. The monoisotopic (exact) mass is 296 g/mol. The highest BCUT2D eigenvalue weighted by Gasteiger charge is 2.28. The molecule has 0 aliphatic heterocycles. The molecule has 0 unspecified atom stereocenters. The van der Waals surface area contributed by atoms with Crippen LogP contribution in [0.25, 0.3) is 4.85 Å². The van der Waals surface area contributed by atoms with Crippen LogP contribution in [0.15, 0.2) is 29.2 Å². The minimum Gasteiger partial charge on any atom is -0.468 e. The van der Waals surface area contributed by atoms with Crippen LogP contribution in [0.3, 0.4) is 0 Å². The van der Waals surface area contributed by atoms with Gasteiger partial charge in [0.15, 0.2) is 5.69 Å². The predicted molar refractivity (Wildman–Crippen MR) is 73.7 cm³/mol. The summed E-state index contributed by atoms with van der Waals surface area (Å²) in [5.74, 6) is -0.888. The van der Waals surface area contributed by atoms with Gasteiger partial charge in [-0.3, -0.25) is 4.79 Å². The van der Waals surface area contributed by atoms with E-state index in [1.165, 1.54) is 31.4 Å². The van der Waals surface area contributed by atoms with E-state index in [0.29, 0.717) is 5.69 Å². The highest BCUT2D eigenvalue weighted by molar-refractivity contribution is 7.89. The molecule has 1 rings (SSSR count). The van der Waals surface area contributed by atoms with Crippen molar-refractivity contribution in [3.05, 3.63) is 35.7 Å². The minimum atomic E-state index is -3.84. The molecule has 0 saturated carbocycles. The van der Waals surface area contributed by atoms with E-state index in [-0.39, 0.29) is 10.8 Å². The number of hydrogen-bond donors (Lipinski definition) is 1. The van der Waals surface area contributed by atoms with Gasteiger partial charge in [-0.2, -0.15) is 4.72 Å². The van der Waals surface area contributed by atoms with Crippen LogP contribution in [0.1, 0.15) is 13.8 Å². The molecule has 0 bridgehead atoms. The lowest BCUT2D eigenvalue weighted by molar-refractivity contribution is -0.143. The molecule has 0 spiro atoms. The molecule has 108 valence electrons. The van der Waals surface area contributed by atoms with E-state index in [2.05, 4.69) is 14.3 Å². The smallest absolute Gasteiger partial charge is 0.324 e. The van der Waals surface area contributed by atoms with Crippen molar-refractivity contribution in [3.8, 4) is 0 Å². The number of nitrogens with zero attached hydrogens (tertiary/aromatic N) is 1. The Bertz CT molecular complexity index is 615. The largest absolute Gasteiger partial charge is 0.468 e. The number of carbonyl (C=O) groups excluding carboxylic acids is 1. The van der Waals surface area contributed by atoms with Crippen molar-refractivity contribution in [2.75, 3.05) is 7.11 Å². The number of carbonyl (C=O) groups is 1. The standard InChI is InChI=1S/C13H16N2O4S/c1-9(2)12(13(16)19-4)15-20(17,18)11-7-5-10(14-3)6-8-11/h5-9,12,15H,1-2,4H3/t12-/m1/s1. The van der Waals surface area contributed by atoms with Gasteiger partial charge in [0.2, 0.25) is 10.0 Å². The SMILES string of the molecule is [C-]#[N+]c1ccc(S(=O)(=O)N[C@@H](C(=O)OC)C(C)C)cc1. The molecule has 0 amide bonds. The first-order chi connectivity index (χ1) is 9.31. The summed E-state index contributed by atoms with van der Waals surface area (Å²) in [6.45, 7) is 10.2. The molecule has 1 N–H and O–H groups in total. The molecule has 7 heteroatoms. The Morgan fingerprint density at radius 1 is 1.30 bits per heavy atom. The van der Waals surface area contributed by atoms with Crippen molar-refractivity contribution >= 4 is 21.7 Å². The van der Waals surface area contributed by atoms with Crippen LogP contribution in [-0.4, -0.2) is 27.5 Å². The third-order valence-corrected chi connectivity index (χ3v) is 4.14. The van der Waals surface area contributed by atoms with Crippen molar-refractivity contribution in [1.82, 2.24) is 4.72 Å². The highest BCUT2D eigenvalue weighted by atomic mass is 32.2. The number of rotatable bonds is 5. The topological polar surface area (TPSA) is 76.8 Å². The highest BCUT2D eigenvalue weighted by Crippen LogP contribution is 2.17. The molecular formula is C13H16N2O4S. The Labute approximate surface area is 118 Å². The first-order valence-electron chi connectivity index (χ1n) is 5.89. The number of hydrogen-bond acceptors (Lipinski definition) is 4. The minimum absolute atomic E-state index is 0.000506. The van der Waals surface area contributed by atoms with Crippen LogP contribution in [0.4, 0.5) is 5.69 Å². The number of nitrogens with one attached hydrogen (secondary N) is 1. The van der Waals surface area contributed by atoms with Gasteiger partial charge in [-0.25, -0.2) is 13.3 Å². The molecule has 1 atom stereocenters. The molecule has 1 aromatic carbocycles. The molecule has 0 fully saturated rings. The zero-order chi connectivity index (χ0) is 15.3. The number of esters is 1. The lowest BCUT2D eigenvalue weighted by Crippen LogP contribution is -2.44. The number of ether oxygens (including phenoxy) is 1. The Morgan fingerprint density at radius 2 is 1.85 bits per heavy atom. The van der Waals surface area contributed by atoms with Crippen molar-refractivity contribution in [1.29, 1.82) is 0 Å². The zero-order valence-corrected chi connectivity index (χ0v) is 12.3. The fourth-order valence-electron chi connectivity index (χ4n) is 1.52. The van der Waals surface area contributed by atoms with Crippen molar-refractivity contribution in [3.63, 3.8) is 0 Å². The summed E-state index contributed by atoms with van der Waals surface area (Å²) >= 11 is 0. The van der Waals surface area contributed by atoms with E-state index in [9.17, 15) is 13.2 Å². The van der Waals surface area contributed by atoms with Gasteiger partial charge in [0, 0.05) is 0 Å². The number of sulfonamides is 1. The Balaban J connectivity index is 3.03. The first-order valence-corrected chi connectivity index (χ1v) is 7.38. The number of benzene rings is 1. The van der Waals surface area contributed by atoms with Crippen molar-refractivity contribution in [2.24, 2.45) is 5.92 Å². The van der Waals surface area contributed by atoms with E-state index in [1.54, 1.807) is 13.8 Å². The molecule has 0 saturated heterocycles. The molecule has 1 aromatic rings. The van der Waals surface area contributed by atoms with Gasteiger partial charge in [-0.05, 0) is 5.92 Å². The van der Waals surface area contributed by atoms with Crippen LogP contribution in [0.2, 0.25) is 0 Å². The second-order valence-corrected chi connectivity index (χ2v) is 6.19. The fraction of sp³-hybridized carbons (Fsp3) is 0.385. The zero-order valence-electron chi connectivity index (χ0n) is 11.5. The van der Waals surface area contributed by atoms with E-state index >= 15 is 0 Å². The van der Waals surface area contributed by atoms with E-state index < -0.39 is 22.0 Å². The van der Waals surface area contributed by atoms with Crippen molar-refractivity contribution < 1.29 is 17.9 Å². The van der Waals surface area contributed by atoms with Gasteiger partial charge in [0.05, 0.1) is 18.6 Å². The van der Waals surface area contributed by atoms with Gasteiger partial charge in [-0.1, -0.05) is 38.1 Å². The van der Waals surface area contributed by atoms with Crippen LogP contribution in [-0.2, 0) is 19.6 Å². The average Bonchev–Trinajstić information content (AvgIpc) is 2.43. The number of methoxy groups -OCH3 is 1. The summed E-state index contributed by atoms with van der Waals surface area (Å²) < 4.78 is 31.2. The second kappa shape index (κ2) is 6.50. The summed E-state index contributed by atoms with van der Waals surface area (Å²) in [6.07, 6.45) is 0. The van der Waals surface area contributed by atoms with E-state index in [1.807, 2.05) is 0 Å². The van der Waals surface area contributed by atoms with Gasteiger partial charge in [0.25, 0.3) is 0 Å². The van der Waals surface area contributed by atoms with E-state index in [4.69, 9.17) is 6.57 Å².